The van der Waals surface area contributed by atoms with Crippen LogP contribution in [0.4, 0.5) is 0 Å². The van der Waals surface area contributed by atoms with Crippen LogP contribution in [0.25, 0.3) is 0 Å². The lowest BCUT2D eigenvalue weighted by Crippen LogP contribution is -2.31. The summed E-state index contributed by atoms with van der Waals surface area (Å²) >= 11 is 0. The van der Waals surface area contributed by atoms with Crippen molar-refractivity contribution in [2.24, 2.45) is 21.9 Å². The van der Waals surface area contributed by atoms with Crippen LogP contribution in [-0.4, -0.2) is 18.5 Å². The van der Waals surface area contributed by atoms with Gasteiger partial charge in [0.05, 0.1) is 6.54 Å². The fraction of sp³-hybridized carbons (Fsp3) is 0.833. The van der Waals surface area contributed by atoms with Gasteiger partial charge in [-0.05, 0) is 6.42 Å². The summed E-state index contributed by atoms with van der Waals surface area (Å²) in [4.78, 5) is 10.6. The Balaban J connectivity index is 2.57. The van der Waals surface area contributed by atoms with E-state index < -0.39 is 0 Å². The minimum Gasteiger partial charge on any atom is -0.368 e. The largest absolute Gasteiger partial charge is 0.368 e. The van der Waals surface area contributed by atoms with Gasteiger partial charge in [0.2, 0.25) is 5.91 Å². The van der Waals surface area contributed by atoms with E-state index in [1.165, 1.54) is 0 Å². The van der Waals surface area contributed by atoms with E-state index in [9.17, 15) is 4.79 Å². The highest BCUT2D eigenvalue weighted by Crippen LogP contribution is 2.18. The van der Waals surface area contributed by atoms with Gasteiger partial charge >= 0.3 is 0 Å². The zero-order chi connectivity index (χ0) is 7.56. The zero-order valence-corrected chi connectivity index (χ0v) is 5.95. The highest BCUT2D eigenvalue weighted by atomic mass is 16.1. The molecule has 2 N–H and O–H groups in total. The minimum atomic E-state index is -0.356. The summed E-state index contributed by atoms with van der Waals surface area (Å²) in [6.45, 7) is 2.67. The molecule has 0 aromatic heterocycles. The maximum absolute atomic E-state index is 10.6. The predicted molar refractivity (Wildman–Crippen MR) is 36.5 cm³/mol. The maximum atomic E-state index is 10.6. The van der Waals surface area contributed by atoms with E-state index in [4.69, 9.17) is 5.73 Å². The predicted octanol–water partition coefficient (Wildman–Crippen LogP) is 0.332. The van der Waals surface area contributed by atoms with Crippen LogP contribution in [0.2, 0.25) is 0 Å². The average Bonchev–Trinajstić information content (AvgIpc) is 2.33. The van der Waals surface area contributed by atoms with Crippen LogP contribution in [0.5, 0.6) is 0 Å². The Bertz CT molecular complexity index is 166. The van der Waals surface area contributed by atoms with Crippen LogP contribution < -0.4 is 5.73 Å². The normalized spacial score (nSPS) is 30.9. The van der Waals surface area contributed by atoms with Gasteiger partial charge in [-0.25, -0.2) is 0 Å². The molecule has 0 bridgehead atoms. The van der Waals surface area contributed by atoms with Crippen LogP contribution in [0.15, 0.2) is 10.2 Å². The zero-order valence-electron chi connectivity index (χ0n) is 5.95. The lowest BCUT2D eigenvalue weighted by molar-refractivity contribution is -0.119. The summed E-state index contributed by atoms with van der Waals surface area (Å²) in [5.74, 6) is -0.106. The number of hydrogen-bond donors (Lipinski definition) is 1. The summed E-state index contributed by atoms with van der Waals surface area (Å²) in [5, 5.41) is 7.50. The number of amides is 1. The first-order valence-corrected chi connectivity index (χ1v) is 3.41. The first-order chi connectivity index (χ1) is 4.75. The first-order valence-electron chi connectivity index (χ1n) is 3.41. The highest BCUT2D eigenvalue weighted by Gasteiger charge is 2.28. The Hall–Kier alpha value is -0.930. The number of hydrogen-bond acceptors (Lipinski definition) is 3. The Morgan fingerprint density at radius 1 is 1.80 bits per heavy atom. The van der Waals surface area contributed by atoms with Crippen LogP contribution in [0, 0.1) is 5.92 Å². The molecular formula is C6H11N3O. The van der Waals surface area contributed by atoms with E-state index in [1.54, 1.807) is 0 Å². The van der Waals surface area contributed by atoms with Gasteiger partial charge in [-0.3, -0.25) is 4.79 Å². The fourth-order valence-electron chi connectivity index (χ4n) is 1.08. The van der Waals surface area contributed by atoms with Gasteiger partial charge in [0, 0.05) is 5.92 Å². The monoisotopic (exact) mass is 141 g/mol. The van der Waals surface area contributed by atoms with Crippen LogP contribution in [0.3, 0.4) is 0 Å². The minimum absolute atomic E-state index is 0.248. The number of nitrogens with zero attached hydrogens (tertiary/aromatic N) is 2. The number of carbonyl (C=O) groups is 1. The molecular weight excluding hydrogens is 130 g/mol. The molecule has 1 aliphatic rings. The van der Waals surface area contributed by atoms with Gasteiger partial charge < -0.3 is 5.73 Å². The summed E-state index contributed by atoms with van der Waals surface area (Å²) in [6.07, 6.45) is 0.917. The van der Waals surface area contributed by atoms with Crippen molar-refractivity contribution in [3.63, 3.8) is 0 Å². The van der Waals surface area contributed by atoms with Gasteiger partial charge in [-0.2, -0.15) is 10.2 Å². The molecule has 4 heteroatoms. The van der Waals surface area contributed by atoms with Crippen LogP contribution in [0.1, 0.15) is 13.3 Å². The molecule has 1 amide bonds. The standard InChI is InChI=1S/C6H11N3O/c1-2-4-3-8-9-5(4)6(7)10/h4-5H,2-3H2,1H3,(H2,7,10). The second-order valence-corrected chi connectivity index (χ2v) is 2.45. The Labute approximate surface area is 59.5 Å². The van der Waals surface area contributed by atoms with Crippen molar-refractivity contribution >= 4 is 5.91 Å². The van der Waals surface area contributed by atoms with E-state index in [2.05, 4.69) is 10.2 Å². The molecule has 0 fully saturated rings. The Morgan fingerprint density at radius 2 is 2.50 bits per heavy atom. The summed E-state index contributed by atoms with van der Waals surface area (Å²) < 4.78 is 0. The van der Waals surface area contributed by atoms with Crippen LogP contribution in [-0.2, 0) is 4.79 Å². The quantitative estimate of drug-likeness (QED) is 0.591. The number of rotatable bonds is 2. The number of carbonyl (C=O) groups excluding carboxylic acids is 1. The van der Waals surface area contributed by atoms with Gasteiger partial charge in [-0.15, -0.1) is 0 Å². The number of nitrogens with two attached hydrogens (primary N) is 1. The fourth-order valence-corrected chi connectivity index (χ4v) is 1.08. The van der Waals surface area contributed by atoms with E-state index in [1.807, 2.05) is 6.92 Å². The van der Waals surface area contributed by atoms with Crippen LogP contribution >= 0.6 is 0 Å². The second kappa shape index (κ2) is 2.77. The lowest BCUT2D eigenvalue weighted by Gasteiger charge is -2.08. The topological polar surface area (TPSA) is 67.8 Å². The molecule has 0 aliphatic carbocycles. The molecule has 0 saturated carbocycles. The maximum Gasteiger partial charge on any atom is 0.244 e. The van der Waals surface area contributed by atoms with Crippen molar-refractivity contribution in [2.45, 2.75) is 19.4 Å². The molecule has 1 aliphatic heterocycles. The molecule has 1 rings (SSSR count). The SMILES string of the molecule is CCC1CN=NC1C(N)=O. The molecule has 2 atom stereocenters. The Morgan fingerprint density at radius 3 is 2.90 bits per heavy atom. The Kier molecular flexibility index (Phi) is 1.99. The first kappa shape index (κ1) is 7.18. The van der Waals surface area contributed by atoms with Crippen molar-refractivity contribution in [3.05, 3.63) is 0 Å². The third-order valence-electron chi connectivity index (χ3n) is 1.78. The molecule has 56 valence electrons. The van der Waals surface area contributed by atoms with Gasteiger partial charge in [-0.1, -0.05) is 6.92 Å². The van der Waals surface area contributed by atoms with Crippen molar-refractivity contribution in [1.29, 1.82) is 0 Å². The molecule has 0 radical (unpaired) electrons. The molecule has 0 aromatic carbocycles. The second-order valence-electron chi connectivity index (χ2n) is 2.45. The molecule has 4 nitrogen and oxygen atoms in total. The number of primary amides is 1. The van der Waals surface area contributed by atoms with E-state index >= 15 is 0 Å². The van der Waals surface area contributed by atoms with Gasteiger partial charge in [0.1, 0.15) is 0 Å². The molecule has 0 saturated heterocycles. The van der Waals surface area contributed by atoms with Crippen molar-refractivity contribution in [3.8, 4) is 0 Å². The third kappa shape index (κ3) is 1.15. The average molecular weight is 141 g/mol. The number of azo groups is 1. The molecule has 2 unspecified atom stereocenters. The molecule has 0 aromatic rings. The van der Waals surface area contributed by atoms with E-state index in [-0.39, 0.29) is 17.9 Å². The van der Waals surface area contributed by atoms with Gasteiger partial charge in [0.15, 0.2) is 6.04 Å². The molecule has 0 spiro atoms. The van der Waals surface area contributed by atoms with E-state index in [0.29, 0.717) is 6.54 Å². The van der Waals surface area contributed by atoms with E-state index in [0.717, 1.165) is 6.42 Å². The highest BCUT2D eigenvalue weighted by molar-refractivity contribution is 5.80. The van der Waals surface area contributed by atoms with Crippen molar-refractivity contribution in [1.82, 2.24) is 0 Å². The van der Waals surface area contributed by atoms with Crippen molar-refractivity contribution in [2.75, 3.05) is 6.54 Å². The third-order valence-corrected chi connectivity index (χ3v) is 1.78. The molecule has 10 heavy (non-hydrogen) atoms. The lowest BCUT2D eigenvalue weighted by atomic mass is 9.99. The van der Waals surface area contributed by atoms with Gasteiger partial charge in [0.25, 0.3) is 0 Å². The molecule has 1 heterocycles. The smallest absolute Gasteiger partial charge is 0.244 e. The van der Waals surface area contributed by atoms with Crippen molar-refractivity contribution < 1.29 is 4.79 Å². The summed E-state index contributed by atoms with van der Waals surface area (Å²) in [6, 6.07) is -0.356. The summed E-state index contributed by atoms with van der Waals surface area (Å²) in [7, 11) is 0. The summed E-state index contributed by atoms with van der Waals surface area (Å²) in [5.41, 5.74) is 5.07.